The Balaban J connectivity index is 1.80. The summed E-state index contributed by atoms with van der Waals surface area (Å²) in [5, 5.41) is 9.43. The Morgan fingerprint density at radius 2 is 1.67 bits per heavy atom. The zero-order valence-electron chi connectivity index (χ0n) is 13.4. The van der Waals surface area contributed by atoms with Crippen LogP contribution in [0, 0.1) is 0 Å². The molecule has 0 unspecified atom stereocenters. The maximum absolute atomic E-state index is 12.8. The molecule has 0 aliphatic carbocycles. The molecule has 124 valence electrons. The molecule has 5 heteroatoms. The number of rotatable bonds is 3. The number of ether oxygens (including phenoxy) is 1. The SMILES string of the molecule is COC(=O)c1ccc(C(=O)N2CCC[C@@H]2c2ccc(O)cc2)cc1. The van der Waals surface area contributed by atoms with Gasteiger partial charge in [0.15, 0.2) is 0 Å². The predicted octanol–water partition coefficient (Wildman–Crippen LogP) is 3.16. The summed E-state index contributed by atoms with van der Waals surface area (Å²) < 4.78 is 4.67. The monoisotopic (exact) mass is 325 g/mol. The van der Waals surface area contributed by atoms with Crippen LogP contribution in [-0.4, -0.2) is 35.5 Å². The summed E-state index contributed by atoms with van der Waals surface area (Å²) in [6.45, 7) is 0.698. The second-order valence-corrected chi connectivity index (χ2v) is 5.82. The lowest BCUT2D eigenvalue weighted by Crippen LogP contribution is -2.30. The lowest BCUT2D eigenvalue weighted by Gasteiger charge is -2.25. The Hall–Kier alpha value is -2.82. The van der Waals surface area contributed by atoms with Crippen LogP contribution in [-0.2, 0) is 4.74 Å². The number of phenolic OH excluding ortho intramolecular Hbond substituents is 1. The van der Waals surface area contributed by atoms with Crippen molar-refractivity contribution in [2.45, 2.75) is 18.9 Å². The Bertz CT molecular complexity index is 737. The minimum Gasteiger partial charge on any atom is -0.508 e. The third kappa shape index (κ3) is 3.11. The summed E-state index contributed by atoms with van der Waals surface area (Å²) >= 11 is 0. The van der Waals surface area contributed by atoms with Gasteiger partial charge in [-0.15, -0.1) is 0 Å². The number of hydrogen-bond donors (Lipinski definition) is 1. The summed E-state index contributed by atoms with van der Waals surface area (Å²) in [7, 11) is 1.33. The van der Waals surface area contributed by atoms with Gasteiger partial charge in [0, 0.05) is 12.1 Å². The van der Waals surface area contributed by atoms with E-state index in [1.807, 2.05) is 17.0 Å². The molecule has 0 bridgehead atoms. The first-order valence-electron chi connectivity index (χ1n) is 7.88. The standard InChI is InChI=1S/C19H19NO4/c1-24-19(23)15-6-4-14(5-7-15)18(22)20-12-2-3-17(20)13-8-10-16(21)11-9-13/h4-11,17,21H,2-3,12H2,1H3/t17-/m1/s1. The molecule has 0 aromatic heterocycles. The maximum Gasteiger partial charge on any atom is 0.337 e. The molecule has 1 aliphatic rings. The van der Waals surface area contributed by atoms with Crippen LogP contribution in [0.2, 0.25) is 0 Å². The molecular weight excluding hydrogens is 306 g/mol. The lowest BCUT2D eigenvalue weighted by atomic mass is 10.0. The highest BCUT2D eigenvalue weighted by atomic mass is 16.5. The number of amides is 1. The normalized spacial score (nSPS) is 16.9. The Labute approximate surface area is 140 Å². The molecule has 1 saturated heterocycles. The number of esters is 1. The quantitative estimate of drug-likeness (QED) is 0.880. The third-order valence-electron chi connectivity index (χ3n) is 4.34. The number of hydrogen-bond acceptors (Lipinski definition) is 4. The van der Waals surface area contributed by atoms with Crippen LogP contribution < -0.4 is 0 Å². The van der Waals surface area contributed by atoms with E-state index >= 15 is 0 Å². The number of nitrogens with zero attached hydrogens (tertiary/aromatic N) is 1. The minimum absolute atomic E-state index is 0.0124. The van der Waals surface area contributed by atoms with Gasteiger partial charge in [-0.3, -0.25) is 4.79 Å². The molecule has 0 spiro atoms. The predicted molar refractivity (Wildman–Crippen MR) is 88.9 cm³/mol. The van der Waals surface area contributed by atoms with Crippen molar-refractivity contribution in [2.24, 2.45) is 0 Å². The highest BCUT2D eigenvalue weighted by molar-refractivity contribution is 5.96. The van der Waals surface area contributed by atoms with Crippen LogP contribution in [0.1, 0.15) is 45.2 Å². The van der Waals surface area contributed by atoms with Crippen LogP contribution in [0.3, 0.4) is 0 Å². The fourth-order valence-corrected chi connectivity index (χ4v) is 3.09. The van der Waals surface area contributed by atoms with Crippen LogP contribution in [0.5, 0.6) is 5.75 Å². The average Bonchev–Trinajstić information content (AvgIpc) is 3.11. The van der Waals surface area contributed by atoms with Crippen molar-refractivity contribution in [1.82, 2.24) is 4.90 Å². The molecule has 1 heterocycles. The molecule has 5 nitrogen and oxygen atoms in total. The van der Waals surface area contributed by atoms with Gasteiger partial charge in [0.2, 0.25) is 0 Å². The molecule has 3 rings (SSSR count). The van der Waals surface area contributed by atoms with E-state index in [2.05, 4.69) is 4.74 Å². The molecule has 24 heavy (non-hydrogen) atoms. The molecule has 1 aliphatic heterocycles. The van der Waals surface area contributed by atoms with Gasteiger partial charge in [0.05, 0.1) is 18.7 Å². The molecule has 1 amide bonds. The second-order valence-electron chi connectivity index (χ2n) is 5.82. The summed E-state index contributed by atoms with van der Waals surface area (Å²) in [5.74, 6) is -0.257. The van der Waals surface area contributed by atoms with E-state index in [4.69, 9.17) is 0 Å². The van der Waals surface area contributed by atoms with Crippen molar-refractivity contribution < 1.29 is 19.4 Å². The summed E-state index contributed by atoms with van der Waals surface area (Å²) in [5.41, 5.74) is 1.99. The summed E-state index contributed by atoms with van der Waals surface area (Å²) in [6.07, 6.45) is 1.84. The molecule has 1 atom stereocenters. The molecule has 2 aromatic carbocycles. The topological polar surface area (TPSA) is 66.8 Å². The average molecular weight is 325 g/mol. The van der Waals surface area contributed by atoms with Crippen molar-refractivity contribution in [3.63, 3.8) is 0 Å². The Morgan fingerprint density at radius 3 is 2.29 bits per heavy atom. The Morgan fingerprint density at radius 1 is 1.04 bits per heavy atom. The van der Waals surface area contributed by atoms with Crippen molar-refractivity contribution in [1.29, 1.82) is 0 Å². The third-order valence-corrected chi connectivity index (χ3v) is 4.34. The van der Waals surface area contributed by atoms with E-state index in [1.54, 1.807) is 36.4 Å². The van der Waals surface area contributed by atoms with Gasteiger partial charge >= 0.3 is 5.97 Å². The molecule has 1 N–H and O–H groups in total. The van der Waals surface area contributed by atoms with Gasteiger partial charge in [-0.05, 0) is 54.8 Å². The fraction of sp³-hybridized carbons (Fsp3) is 0.263. The van der Waals surface area contributed by atoms with Crippen molar-refractivity contribution >= 4 is 11.9 Å². The van der Waals surface area contributed by atoms with Gasteiger partial charge in [0.25, 0.3) is 5.91 Å². The molecule has 0 radical (unpaired) electrons. The number of carbonyl (C=O) groups excluding carboxylic acids is 2. The second kappa shape index (κ2) is 6.74. The number of likely N-dealkylation sites (tertiary alicyclic amines) is 1. The fourth-order valence-electron chi connectivity index (χ4n) is 3.09. The summed E-state index contributed by atoms with van der Waals surface area (Å²) in [6, 6.07) is 13.5. The smallest absolute Gasteiger partial charge is 0.337 e. The molecule has 0 saturated carbocycles. The number of aromatic hydroxyl groups is 1. The van der Waals surface area contributed by atoms with Gasteiger partial charge in [-0.25, -0.2) is 4.79 Å². The zero-order chi connectivity index (χ0) is 17.1. The van der Waals surface area contributed by atoms with Crippen LogP contribution >= 0.6 is 0 Å². The van der Waals surface area contributed by atoms with Crippen LogP contribution in [0.25, 0.3) is 0 Å². The number of carbonyl (C=O) groups is 2. The molecule has 2 aromatic rings. The van der Waals surface area contributed by atoms with E-state index < -0.39 is 5.97 Å². The lowest BCUT2D eigenvalue weighted by molar-refractivity contribution is 0.0599. The van der Waals surface area contributed by atoms with Gasteiger partial charge in [0.1, 0.15) is 5.75 Å². The first-order chi connectivity index (χ1) is 11.6. The largest absolute Gasteiger partial charge is 0.508 e. The molecular formula is C19H19NO4. The van der Waals surface area contributed by atoms with E-state index in [0.29, 0.717) is 17.7 Å². The van der Waals surface area contributed by atoms with E-state index in [0.717, 1.165) is 18.4 Å². The van der Waals surface area contributed by atoms with Gasteiger partial charge < -0.3 is 14.7 Å². The van der Waals surface area contributed by atoms with E-state index in [-0.39, 0.29) is 17.7 Å². The van der Waals surface area contributed by atoms with Crippen molar-refractivity contribution in [3.05, 3.63) is 65.2 Å². The van der Waals surface area contributed by atoms with E-state index in [9.17, 15) is 14.7 Å². The zero-order valence-corrected chi connectivity index (χ0v) is 13.4. The number of phenols is 1. The van der Waals surface area contributed by atoms with Gasteiger partial charge in [-0.1, -0.05) is 12.1 Å². The molecule has 1 fully saturated rings. The van der Waals surface area contributed by atoms with E-state index in [1.165, 1.54) is 7.11 Å². The summed E-state index contributed by atoms with van der Waals surface area (Å²) in [4.78, 5) is 26.1. The maximum atomic E-state index is 12.8. The Kier molecular flexibility index (Phi) is 4.51. The first-order valence-corrected chi connectivity index (χ1v) is 7.88. The highest BCUT2D eigenvalue weighted by Gasteiger charge is 2.30. The van der Waals surface area contributed by atoms with Crippen molar-refractivity contribution in [2.75, 3.05) is 13.7 Å². The van der Waals surface area contributed by atoms with Crippen LogP contribution in [0.4, 0.5) is 0 Å². The van der Waals surface area contributed by atoms with Crippen LogP contribution in [0.15, 0.2) is 48.5 Å². The first kappa shape index (κ1) is 16.1. The number of benzene rings is 2. The van der Waals surface area contributed by atoms with Crippen molar-refractivity contribution in [3.8, 4) is 5.75 Å². The highest BCUT2D eigenvalue weighted by Crippen LogP contribution is 2.33. The van der Waals surface area contributed by atoms with Gasteiger partial charge in [-0.2, -0.15) is 0 Å². The minimum atomic E-state index is -0.419. The number of methoxy groups -OCH3 is 1.